The van der Waals surface area contributed by atoms with Gasteiger partial charge in [-0.15, -0.1) is 0 Å². The molecule has 0 unspecified atom stereocenters. The third kappa shape index (κ3) is 8.55. The smallest absolute Gasteiger partial charge is 0.336 e. The van der Waals surface area contributed by atoms with Gasteiger partial charge >= 0.3 is 17.1 Å². The van der Waals surface area contributed by atoms with Crippen molar-refractivity contribution in [3.63, 3.8) is 0 Å². The molecular formula is C45H63N3O6. The number of rotatable bonds is 6. The molecule has 3 N–H and O–H groups in total. The average molecular weight is 742 g/mol. The molecule has 0 aliphatic heterocycles. The zero-order chi connectivity index (χ0) is 41.3. The van der Waals surface area contributed by atoms with Crippen molar-refractivity contribution in [3.05, 3.63) is 118 Å². The van der Waals surface area contributed by atoms with Crippen LogP contribution in [0.15, 0.2) is 50.8 Å². The molecule has 3 aromatic carbocycles. The molecule has 1 aromatic heterocycles. The highest BCUT2D eigenvalue weighted by Crippen LogP contribution is 2.41. The van der Waals surface area contributed by atoms with Crippen LogP contribution in [0.2, 0.25) is 0 Å². The summed E-state index contributed by atoms with van der Waals surface area (Å²) < 4.78 is 3.28. The van der Waals surface area contributed by atoms with Gasteiger partial charge in [0.25, 0.3) is 0 Å². The SMILES string of the molecule is Cc1cc(Cn2c(=O)n(Cc3cc(C(C)(C)C)c(O)c(C(C)(C)C)c3)c(=O)n(Cc3cc(C(C)(C)C)c(O)c(C(C)(C)C)c3)c2=O)cc(C(C)(C)C)c1O. The highest BCUT2D eigenvalue weighted by Gasteiger charge is 2.30. The molecule has 1 heterocycles. The molecule has 0 aliphatic rings. The Labute approximate surface area is 321 Å². The number of hydrogen-bond acceptors (Lipinski definition) is 6. The van der Waals surface area contributed by atoms with Gasteiger partial charge in [-0.05, 0) is 114 Å². The Bertz CT molecular complexity index is 2080. The van der Waals surface area contributed by atoms with E-state index in [4.69, 9.17) is 0 Å². The zero-order valence-electron chi connectivity index (χ0n) is 35.5. The van der Waals surface area contributed by atoms with Gasteiger partial charge in [-0.1, -0.05) is 110 Å². The van der Waals surface area contributed by atoms with Crippen LogP contribution in [-0.4, -0.2) is 29.0 Å². The summed E-state index contributed by atoms with van der Waals surface area (Å²) in [5.74, 6) is 0.527. The Morgan fingerprint density at radius 1 is 0.389 bits per heavy atom. The van der Waals surface area contributed by atoms with Gasteiger partial charge in [0, 0.05) is 0 Å². The number of aromatic nitrogens is 3. The van der Waals surface area contributed by atoms with Crippen molar-refractivity contribution in [1.29, 1.82) is 0 Å². The minimum absolute atomic E-state index is 0.131. The maximum absolute atomic E-state index is 14.6. The second-order valence-electron chi connectivity index (χ2n) is 20.2. The van der Waals surface area contributed by atoms with E-state index < -0.39 is 44.1 Å². The summed E-state index contributed by atoms with van der Waals surface area (Å²) in [6.07, 6.45) is 0. The van der Waals surface area contributed by atoms with Gasteiger partial charge in [-0.3, -0.25) is 0 Å². The van der Waals surface area contributed by atoms with Crippen LogP contribution in [0.1, 0.15) is 154 Å². The van der Waals surface area contributed by atoms with Crippen molar-refractivity contribution in [3.8, 4) is 17.2 Å². The number of hydrogen-bond donors (Lipinski definition) is 3. The highest BCUT2D eigenvalue weighted by molar-refractivity contribution is 5.51. The number of nitrogens with zero attached hydrogens (tertiary/aromatic N) is 3. The summed E-state index contributed by atoms with van der Waals surface area (Å²) in [5.41, 5.74) is 1.49. The second kappa shape index (κ2) is 14.0. The fourth-order valence-electron chi connectivity index (χ4n) is 7.01. The molecule has 0 amide bonds. The summed E-state index contributed by atoms with van der Waals surface area (Å²) in [5, 5.41) is 33.7. The van der Waals surface area contributed by atoms with E-state index in [9.17, 15) is 29.7 Å². The summed E-state index contributed by atoms with van der Waals surface area (Å²) in [6, 6.07) is 10.9. The van der Waals surface area contributed by atoms with E-state index in [1.807, 2.05) is 134 Å². The van der Waals surface area contributed by atoms with E-state index in [2.05, 4.69) is 0 Å². The normalized spacial score (nSPS) is 13.1. The minimum Gasteiger partial charge on any atom is -0.507 e. The van der Waals surface area contributed by atoms with Gasteiger partial charge in [-0.25, -0.2) is 28.1 Å². The lowest BCUT2D eigenvalue weighted by molar-refractivity contribution is 0.421. The van der Waals surface area contributed by atoms with E-state index in [1.165, 1.54) is 0 Å². The molecule has 0 bridgehead atoms. The van der Waals surface area contributed by atoms with E-state index in [-0.39, 0.29) is 36.9 Å². The van der Waals surface area contributed by atoms with Crippen molar-refractivity contribution in [2.45, 2.75) is 157 Å². The van der Waals surface area contributed by atoms with Gasteiger partial charge < -0.3 is 15.3 Å². The fraction of sp³-hybridized carbons (Fsp3) is 0.533. The van der Waals surface area contributed by atoms with Crippen LogP contribution in [0.5, 0.6) is 17.2 Å². The van der Waals surface area contributed by atoms with Crippen LogP contribution in [0.4, 0.5) is 0 Å². The Hall–Kier alpha value is -4.53. The number of phenols is 3. The van der Waals surface area contributed by atoms with Gasteiger partial charge in [0.2, 0.25) is 0 Å². The molecule has 4 rings (SSSR count). The second-order valence-corrected chi connectivity index (χ2v) is 20.2. The predicted octanol–water partition coefficient (Wildman–Crippen LogP) is 8.23. The zero-order valence-corrected chi connectivity index (χ0v) is 35.5. The summed E-state index contributed by atoms with van der Waals surface area (Å²) in [6.45, 7) is 31.3. The molecule has 4 aromatic rings. The van der Waals surface area contributed by atoms with Gasteiger partial charge in [0.05, 0.1) is 19.6 Å². The molecule has 0 saturated heterocycles. The van der Waals surface area contributed by atoms with Crippen LogP contribution in [-0.2, 0) is 46.7 Å². The van der Waals surface area contributed by atoms with Crippen LogP contribution < -0.4 is 17.1 Å². The van der Waals surface area contributed by atoms with Crippen molar-refractivity contribution >= 4 is 0 Å². The monoisotopic (exact) mass is 741 g/mol. The van der Waals surface area contributed by atoms with E-state index in [0.717, 1.165) is 13.7 Å². The maximum Gasteiger partial charge on any atom is 0.336 e. The minimum atomic E-state index is -0.761. The molecular weight excluding hydrogens is 679 g/mol. The molecule has 0 spiro atoms. The lowest BCUT2D eigenvalue weighted by Crippen LogP contribution is -2.54. The maximum atomic E-state index is 14.6. The van der Waals surface area contributed by atoms with Crippen molar-refractivity contribution < 1.29 is 15.3 Å². The Balaban J connectivity index is 2.08. The van der Waals surface area contributed by atoms with Gasteiger partial charge in [-0.2, -0.15) is 0 Å². The summed E-state index contributed by atoms with van der Waals surface area (Å²) >= 11 is 0. The molecule has 0 radical (unpaired) electrons. The molecule has 0 aliphatic carbocycles. The van der Waals surface area contributed by atoms with Gasteiger partial charge in [0.15, 0.2) is 0 Å². The standard InChI is InChI=1S/C45H63N3O6/c1-26-17-27(18-30(35(26)49)41(2,3)4)23-46-38(52)47(24-28-19-31(42(5,6)7)36(50)32(20-28)43(8,9)10)40(54)48(39(46)53)25-29-21-33(44(11,12)13)37(51)34(22-29)45(14,15)16/h17-22,49-51H,23-25H2,1-16H3. The molecule has 294 valence electrons. The van der Waals surface area contributed by atoms with Crippen LogP contribution in [0.25, 0.3) is 0 Å². The molecule has 54 heavy (non-hydrogen) atoms. The molecule has 0 saturated carbocycles. The third-order valence-corrected chi connectivity index (χ3v) is 10.1. The lowest BCUT2D eigenvalue weighted by Gasteiger charge is -2.28. The Kier molecular flexibility index (Phi) is 10.9. The van der Waals surface area contributed by atoms with Crippen LogP contribution in [0.3, 0.4) is 0 Å². The molecule has 0 fully saturated rings. The first-order chi connectivity index (χ1) is 24.3. The average Bonchev–Trinajstić information content (AvgIpc) is 2.99. The van der Waals surface area contributed by atoms with Crippen LogP contribution in [0, 0.1) is 6.92 Å². The topological polar surface area (TPSA) is 127 Å². The number of aryl methyl sites for hydroxylation is 1. The van der Waals surface area contributed by atoms with E-state index in [0.29, 0.717) is 50.1 Å². The van der Waals surface area contributed by atoms with Gasteiger partial charge in [0.1, 0.15) is 17.2 Å². The lowest BCUT2D eigenvalue weighted by atomic mass is 9.78. The first kappa shape index (κ1) is 42.2. The molecule has 9 heteroatoms. The molecule has 9 nitrogen and oxygen atoms in total. The number of benzene rings is 3. The quantitative estimate of drug-likeness (QED) is 0.183. The van der Waals surface area contributed by atoms with E-state index in [1.54, 1.807) is 13.0 Å². The number of aromatic hydroxyl groups is 3. The summed E-state index contributed by atoms with van der Waals surface area (Å²) in [4.78, 5) is 43.5. The Morgan fingerprint density at radius 3 is 0.815 bits per heavy atom. The predicted molar refractivity (Wildman–Crippen MR) is 219 cm³/mol. The third-order valence-electron chi connectivity index (χ3n) is 10.1. The van der Waals surface area contributed by atoms with Crippen molar-refractivity contribution in [1.82, 2.24) is 13.7 Å². The fourth-order valence-corrected chi connectivity index (χ4v) is 7.01. The first-order valence-corrected chi connectivity index (χ1v) is 18.8. The summed E-state index contributed by atoms with van der Waals surface area (Å²) in [7, 11) is 0. The first-order valence-electron chi connectivity index (χ1n) is 18.8. The van der Waals surface area contributed by atoms with Crippen LogP contribution >= 0.6 is 0 Å². The Morgan fingerprint density at radius 2 is 0.593 bits per heavy atom. The largest absolute Gasteiger partial charge is 0.507 e. The van der Waals surface area contributed by atoms with Crippen molar-refractivity contribution in [2.24, 2.45) is 0 Å². The van der Waals surface area contributed by atoms with E-state index >= 15 is 0 Å². The molecule has 0 atom stereocenters. The highest BCUT2D eigenvalue weighted by atomic mass is 16.3. The van der Waals surface area contributed by atoms with Crippen molar-refractivity contribution in [2.75, 3.05) is 0 Å². The number of phenolic OH excluding ortho intramolecular Hbond substituents is 3.